The van der Waals surface area contributed by atoms with E-state index >= 15 is 0 Å². The molecule has 0 aliphatic carbocycles. The lowest BCUT2D eigenvalue weighted by atomic mass is 9.93. The Morgan fingerprint density at radius 1 is 1.14 bits per heavy atom. The maximum Gasteiger partial charge on any atom is 0.0640 e. The molecule has 1 N–H and O–H groups in total. The Bertz CT molecular complexity index is 368. The van der Waals surface area contributed by atoms with Gasteiger partial charge < -0.3 is 5.32 Å². The van der Waals surface area contributed by atoms with Crippen molar-refractivity contribution in [3.63, 3.8) is 0 Å². The lowest BCUT2D eigenvalue weighted by molar-refractivity contribution is 0.347. The van der Waals surface area contributed by atoms with Crippen LogP contribution in [0.3, 0.4) is 0 Å². The largest absolute Gasteiger partial charge is 0.313 e. The van der Waals surface area contributed by atoms with Gasteiger partial charge in [0.05, 0.1) is 11.7 Å². The lowest BCUT2D eigenvalue weighted by Crippen LogP contribution is -2.37. The van der Waals surface area contributed by atoms with Gasteiger partial charge in [0, 0.05) is 18.7 Å². The van der Waals surface area contributed by atoms with Crippen molar-refractivity contribution in [3.05, 3.63) is 18.0 Å². The SMILES string of the molecule is CCCNC(Cc1ccn(C(CC)CC)n1)C(C)CCC. The quantitative estimate of drug-likeness (QED) is 0.646. The molecule has 0 aromatic carbocycles. The summed E-state index contributed by atoms with van der Waals surface area (Å²) < 4.78 is 2.16. The summed E-state index contributed by atoms with van der Waals surface area (Å²) in [4.78, 5) is 0. The highest BCUT2D eigenvalue weighted by Crippen LogP contribution is 2.18. The summed E-state index contributed by atoms with van der Waals surface area (Å²) in [7, 11) is 0. The fourth-order valence-electron chi connectivity index (χ4n) is 3.04. The molecule has 0 radical (unpaired) electrons. The van der Waals surface area contributed by atoms with Crippen molar-refractivity contribution in [2.24, 2.45) is 5.92 Å². The Hall–Kier alpha value is -0.830. The fourth-order valence-corrected chi connectivity index (χ4v) is 3.04. The first-order chi connectivity index (χ1) is 10.2. The maximum absolute atomic E-state index is 4.82. The molecule has 0 bridgehead atoms. The Kier molecular flexibility index (Phi) is 8.67. The van der Waals surface area contributed by atoms with Crippen molar-refractivity contribution in [1.82, 2.24) is 15.1 Å². The minimum atomic E-state index is 0.550. The van der Waals surface area contributed by atoms with Crippen molar-refractivity contribution in [3.8, 4) is 0 Å². The van der Waals surface area contributed by atoms with Crippen LogP contribution in [0.25, 0.3) is 0 Å². The van der Waals surface area contributed by atoms with Crippen LogP contribution in [0, 0.1) is 5.92 Å². The van der Waals surface area contributed by atoms with Gasteiger partial charge in [-0.05, 0) is 44.2 Å². The first-order valence-corrected chi connectivity index (χ1v) is 8.93. The molecule has 122 valence electrons. The van der Waals surface area contributed by atoms with Crippen molar-refractivity contribution in [2.45, 2.75) is 85.2 Å². The van der Waals surface area contributed by atoms with Crippen LogP contribution in [0.15, 0.2) is 12.3 Å². The molecule has 1 aromatic heterocycles. The Labute approximate surface area is 131 Å². The van der Waals surface area contributed by atoms with Gasteiger partial charge in [0.1, 0.15) is 0 Å². The van der Waals surface area contributed by atoms with Crippen molar-refractivity contribution < 1.29 is 0 Å². The third kappa shape index (κ3) is 5.82. The van der Waals surface area contributed by atoms with Crippen molar-refractivity contribution >= 4 is 0 Å². The normalized spacial score (nSPS) is 14.6. The Balaban J connectivity index is 2.69. The van der Waals surface area contributed by atoms with Gasteiger partial charge in [0.25, 0.3) is 0 Å². The minimum Gasteiger partial charge on any atom is -0.313 e. The summed E-state index contributed by atoms with van der Waals surface area (Å²) in [5, 5.41) is 8.54. The summed E-state index contributed by atoms with van der Waals surface area (Å²) in [6.45, 7) is 12.5. The second-order valence-corrected chi connectivity index (χ2v) is 6.29. The maximum atomic E-state index is 4.82. The molecule has 0 aliphatic rings. The summed E-state index contributed by atoms with van der Waals surface area (Å²) in [6.07, 6.45) is 9.26. The molecule has 1 rings (SSSR count). The van der Waals surface area contributed by atoms with Gasteiger partial charge in [-0.1, -0.05) is 41.0 Å². The molecule has 1 heterocycles. The minimum absolute atomic E-state index is 0.550. The van der Waals surface area contributed by atoms with Gasteiger partial charge in [-0.25, -0.2) is 0 Å². The van der Waals surface area contributed by atoms with Crippen LogP contribution in [-0.4, -0.2) is 22.4 Å². The molecule has 2 atom stereocenters. The Morgan fingerprint density at radius 2 is 1.86 bits per heavy atom. The third-order valence-corrected chi connectivity index (χ3v) is 4.50. The number of rotatable bonds is 11. The monoisotopic (exact) mass is 293 g/mol. The number of aromatic nitrogens is 2. The van der Waals surface area contributed by atoms with E-state index < -0.39 is 0 Å². The van der Waals surface area contributed by atoms with Gasteiger partial charge in [0.15, 0.2) is 0 Å². The van der Waals surface area contributed by atoms with Crippen LogP contribution in [0.4, 0.5) is 0 Å². The summed E-state index contributed by atoms with van der Waals surface area (Å²) in [5.41, 5.74) is 1.23. The van der Waals surface area contributed by atoms with Gasteiger partial charge >= 0.3 is 0 Å². The molecule has 0 fully saturated rings. The molecule has 0 saturated carbocycles. The topological polar surface area (TPSA) is 29.9 Å². The van der Waals surface area contributed by atoms with E-state index in [-0.39, 0.29) is 0 Å². The van der Waals surface area contributed by atoms with E-state index in [4.69, 9.17) is 5.10 Å². The van der Waals surface area contributed by atoms with Gasteiger partial charge in [-0.15, -0.1) is 0 Å². The molecule has 2 unspecified atom stereocenters. The summed E-state index contributed by atoms with van der Waals surface area (Å²) >= 11 is 0. The summed E-state index contributed by atoms with van der Waals surface area (Å²) in [5.74, 6) is 0.708. The van der Waals surface area contributed by atoms with E-state index in [1.54, 1.807) is 0 Å². The number of nitrogens with zero attached hydrogens (tertiary/aromatic N) is 2. The number of hydrogen-bond donors (Lipinski definition) is 1. The van der Waals surface area contributed by atoms with Gasteiger partial charge in [0.2, 0.25) is 0 Å². The zero-order valence-corrected chi connectivity index (χ0v) is 14.7. The van der Waals surface area contributed by atoms with Crippen molar-refractivity contribution in [1.29, 1.82) is 0 Å². The highest BCUT2D eigenvalue weighted by molar-refractivity contribution is 5.03. The number of nitrogens with one attached hydrogen (secondary N) is 1. The highest BCUT2D eigenvalue weighted by Gasteiger charge is 2.18. The Morgan fingerprint density at radius 3 is 2.43 bits per heavy atom. The zero-order chi connectivity index (χ0) is 15.7. The standard InChI is InChI=1S/C18H35N3/c1-6-10-15(5)18(19-12-7-2)14-16-11-13-21(20-16)17(8-3)9-4/h11,13,15,17-19H,6-10,12,14H2,1-5H3. The van der Waals surface area contributed by atoms with E-state index in [1.165, 1.54) is 25.0 Å². The first kappa shape index (κ1) is 18.2. The highest BCUT2D eigenvalue weighted by atomic mass is 15.3. The summed E-state index contributed by atoms with van der Waals surface area (Å²) in [6, 6.07) is 3.31. The smallest absolute Gasteiger partial charge is 0.0640 e. The number of hydrogen-bond acceptors (Lipinski definition) is 2. The molecule has 0 saturated heterocycles. The molecule has 3 heteroatoms. The van der Waals surface area contributed by atoms with E-state index in [1.807, 2.05) is 0 Å². The van der Waals surface area contributed by atoms with Gasteiger partial charge in [-0.3, -0.25) is 4.68 Å². The van der Waals surface area contributed by atoms with Crippen LogP contribution < -0.4 is 5.32 Å². The van der Waals surface area contributed by atoms with Crippen LogP contribution in [-0.2, 0) is 6.42 Å². The molecule has 0 spiro atoms. The molecular formula is C18H35N3. The first-order valence-electron chi connectivity index (χ1n) is 8.93. The van der Waals surface area contributed by atoms with Gasteiger partial charge in [-0.2, -0.15) is 5.10 Å². The second kappa shape index (κ2) is 9.99. The fraction of sp³-hybridized carbons (Fsp3) is 0.833. The molecule has 21 heavy (non-hydrogen) atoms. The van der Waals surface area contributed by atoms with E-state index in [2.05, 4.69) is 56.9 Å². The predicted molar refractivity (Wildman–Crippen MR) is 91.7 cm³/mol. The third-order valence-electron chi connectivity index (χ3n) is 4.50. The predicted octanol–water partition coefficient (Wildman–Crippen LogP) is 4.59. The average Bonchev–Trinajstić information content (AvgIpc) is 2.93. The molecule has 1 aromatic rings. The molecule has 0 aliphatic heterocycles. The molecular weight excluding hydrogens is 258 g/mol. The van der Waals surface area contributed by atoms with Crippen LogP contribution in [0.5, 0.6) is 0 Å². The van der Waals surface area contributed by atoms with Crippen LogP contribution in [0.2, 0.25) is 0 Å². The van der Waals surface area contributed by atoms with Crippen molar-refractivity contribution in [2.75, 3.05) is 6.54 Å². The van der Waals surface area contributed by atoms with E-state index in [9.17, 15) is 0 Å². The van der Waals surface area contributed by atoms with Crippen LogP contribution >= 0.6 is 0 Å². The second-order valence-electron chi connectivity index (χ2n) is 6.29. The van der Waals surface area contributed by atoms with E-state index in [0.29, 0.717) is 18.0 Å². The van der Waals surface area contributed by atoms with Crippen LogP contribution in [0.1, 0.15) is 78.5 Å². The molecule has 3 nitrogen and oxygen atoms in total. The molecule has 0 amide bonds. The zero-order valence-electron chi connectivity index (χ0n) is 14.7. The van der Waals surface area contributed by atoms with E-state index in [0.717, 1.165) is 25.8 Å². The lowest BCUT2D eigenvalue weighted by Gasteiger charge is -2.24. The average molecular weight is 293 g/mol.